The van der Waals surface area contributed by atoms with Gasteiger partial charge in [-0.25, -0.2) is 9.97 Å². The fourth-order valence-corrected chi connectivity index (χ4v) is 2.35. The van der Waals surface area contributed by atoms with E-state index in [0.717, 1.165) is 44.6 Å². The first-order chi connectivity index (χ1) is 8.88. The van der Waals surface area contributed by atoms with Crippen LogP contribution in [-0.2, 0) is 12.8 Å². The molecule has 0 aromatic carbocycles. The molecule has 0 bridgehead atoms. The summed E-state index contributed by atoms with van der Waals surface area (Å²) in [6.07, 6.45) is 6.28. The molecule has 1 fully saturated rings. The first-order valence-corrected chi connectivity index (χ1v) is 7.12. The van der Waals surface area contributed by atoms with Gasteiger partial charge in [0, 0.05) is 44.5 Å². The highest BCUT2D eigenvalue weighted by molar-refractivity contribution is 5.02. The minimum atomic E-state index is 1.00. The van der Waals surface area contributed by atoms with Gasteiger partial charge in [-0.1, -0.05) is 13.3 Å². The molecule has 1 aliphatic rings. The van der Waals surface area contributed by atoms with E-state index >= 15 is 0 Å². The lowest BCUT2D eigenvalue weighted by atomic mass is 10.2. The number of hydrogen-bond acceptors (Lipinski definition) is 4. The van der Waals surface area contributed by atoms with Crippen molar-refractivity contribution in [3.8, 4) is 0 Å². The summed E-state index contributed by atoms with van der Waals surface area (Å²) in [4.78, 5) is 11.5. The molecule has 1 aromatic rings. The third-order valence-electron chi connectivity index (χ3n) is 3.35. The molecule has 0 saturated carbocycles. The van der Waals surface area contributed by atoms with Crippen LogP contribution < -0.4 is 5.32 Å². The lowest BCUT2D eigenvalue weighted by molar-refractivity contribution is 0.238. The van der Waals surface area contributed by atoms with Crippen molar-refractivity contribution >= 4 is 0 Å². The zero-order valence-electron chi connectivity index (χ0n) is 11.4. The van der Waals surface area contributed by atoms with Gasteiger partial charge in [-0.3, -0.25) is 0 Å². The van der Waals surface area contributed by atoms with Gasteiger partial charge in [0.15, 0.2) is 0 Å². The molecule has 0 aliphatic carbocycles. The topological polar surface area (TPSA) is 41.1 Å². The van der Waals surface area contributed by atoms with E-state index in [1.54, 1.807) is 0 Å². The molecule has 0 unspecified atom stereocenters. The minimum Gasteiger partial charge on any atom is -0.314 e. The maximum atomic E-state index is 4.60. The normalized spacial score (nSPS) is 16.9. The summed E-state index contributed by atoms with van der Waals surface area (Å²) in [6, 6.07) is 2.03. The Bertz CT molecular complexity index is 347. The maximum Gasteiger partial charge on any atom is 0.128 e. The highest BCUT2D eigenvalue weighted by atomic mass is 15.2. The third-order valence-corrected chi connectivity index (χ3v) is 3.35. The number of aryl methyl sites for hydroxylation is 2. The van der Waals surface area contributed by atoms with Gasteiger partial charge in [0.1, 0.15) is 5.82 Å². The van der Waals surface area contributed by atoms with E-state index < -0.39 is 0 Å². The summed E-state index contributed by atoms with van der Waals surface area (Å²) in [7, 11) is 0. The van der Waals surface area contributed by atoms with Crippen LogP contribution in [0.15, 0.2) is 12.3 Å². The molecule has 1 saturated heterocycles. The number of nitrogens with one attached hydrogen (secondary N) is 1. The Hall–Kier alpha value is -1.00. The van der Waals surface area contributed by atoms with Crippen LogP contribution in [0.4, 0.5) is 0 Å². The lowest BCUT2D eigenvalue weighted by Crippen LogP contribution is -2.43. The van der Waals surface area contributed by atoms with Crippen LogP contribution in [0.5, 0.6) is 0 Å². The third kappa shape index (κ3) is 4.35. The predicted octanol–water partition coefficient (Wildman–Crippen LogP) is 1.27. The van der Waals surface area contributed by atoms with E-state index in [-0.39, 0.29) is 0 Å². The van der Waals surface area contributed by atoms with Crippen molar-refractivity contribution in [2.45, 2.75) is 32.6 Å². The molecule has 0 spiro atoms. The van der Waals surface area contributed by atoms with E-state index in [9.17, 15) is 0 Å². The van der Waals surface area contributed by atoms with Gasteiger partial charge < -0.3 is 10.2 Å². The average Bonchev–Trinajstić information content (AvgIpc) is 2.41. The van der Waals surface area contributed by atoms with Crippen molar-refractivity contribution in [1.82, 2.24) is 20.2 Å². The average molecular weight is 248 g/mol. The molecule has 1 aliphatic heterocycles. The van der Waals surface area contributed by atoms with Crippen LogP contribution in [0.25, 0.3) is 0 Å². The van der Waals surface area contributed by atoms with E-state index in [0.29, 0.717) is 0 Å². The quantitative estimate of drug-likeness (QED) is 0.823. The first kappa shape index (κ1) is 13.4. The molecule has 4 heteroatoms. The summed E-state index contributed by atoms with van der Waals surface area (Å²) >= 11 is 0. The Morgan fingerprint density at radius 2 is 2.11 bits per heavy atom. The Morgan fingerprint density at radius 3 is 2.89 bits per heavy atom. The zero-order valence-corrected chi connectivity index (χ0v) is 11.4. The van der Waals surface area contributed by atoms with E-state index in [2.05, 4.69) is 27.1 Å². The van der Waals surface area contributed by atoms with Crippen molar-refractivity contribution < 1.29 is 0 Å². The standard InChI is InChI=1S/C14H24N4/c1-2-4-13-6-7-16-14(17-13)5-3-10-18-11-8-15-9-12-18/h6-7,15H,2-5,8-12H2,1H3. The summed E-state index contributed by atoms with van der Waals surface area (Å²) in [6.45, 7) is 7.97. The predicted molar refractivity (Wildman–Crippen MR) is 73.7 cm³/mol. The fourth-order valence-electron chi connectivity index (χ4n) is 2.35. The molecule has 2 heterocycles. The summed E-state index contributed by atoms with van der Waals surface area (Å²) in [5.41, 5.74) is 1.18. The van der Waals surface area contributed by atoms with E-state index in [1.165, 1.54) is 25.3 Å². The van der Waals surface area contributed by atoms with Gasteiger partial charge in [0.25, 0.3) is 0 Å². The van der Waals surface area contributed by atoms with Crippen LogP contribution in [0.3, 0.4) is 0 Å². The Kier molecular flexibility index (Phi) is 5.55. The molecule has 0 radical (unpaired) electrons. The number of aromatic nitrogens is 2. The molecule has 0 amide bonds. The second-order valence-corrected chi connectivity index (χ2v) is 4.91. The van der Waals surface area contributed by atoms with Gasteiger partial charge in [-0.15, -0.1) is 0 Å². The largest absolute Gasteiger partial charge is 0.314 e. The number of hydrogen-bond donors (Lipinski definition) is 1. The van der Waals surface area contributed by atoms with Crippen molar-refractivity contribution in [1.29, 1.82) is 0 Å². The Labute approximate surface area is 110 Å². The smallest absolute Gasteiger partial charge is 0.128 e. The number of rotatable bonds is 6. The molecule has 0 atom stereocenters. The van der Waals surface area contributed by atoms with Crippen molar-refractivity contribution in [3.63, 3.8) is 0 Å². The van der Waals surface area contributed by atoms with Crippen LogP contribution in [0, 0.1) is 0 Å². The van der Waals surface area contributed by atoms with Crippen LogP contribution in [-0.4, -0.2) is 47.6 Å². The van der Waals surface area contributed by atoms with E-state index in [1.807, 2.05) is 12.3 Å². The molecular weight excluding hydrogens is 224 g/mol. The fraction of sp³-hybridized carbons (Fsp3) is 0.714. The summed E-state index contributed by atoms with van der Waals surface area (Å²) in [5, 5.41) is 3.38. The zero-order chi connectivity index (χ0) is 12.6. The first-order valence-electron chi connectivity index (χ1n) is 7.12. The van der Waals surface area contributed by atoms with Crippen molar-refractivity contribution in [2.24, 2.45) is 0 Å². The maximum absolute atomic E-state index is 4.60. The molecular formula is C14H24N4. The van der Waals surface area contributed by atoms with E-state index in [4.69, 9.17) is 0 Å². The summed E-state index contributed by atoms with van der Waals surface area (Å²) in [5.74, 6) is 1.01. The van der Waals surface area contributed by atoms with Gasteiger partial charge in [-0.2, -0.15) is 0 Å². The lowest BCUT2D eigenvalue weighted by Gasteiger charge is -2.26. The molecule has 2 rings (SSSR count). The number of nitrogens with zero attached hydrogens (tertiary/aromatic N) is 3. The molecule has 1 aromatic heterocycles. The molecule has 1 N–H and O–H groups in total. The van der Waals surface area contributed by atoms with Gasteiger partial charge in [0.05, 0.1) is 0 Å². The molecule has 100 valence electrons. The van der Waals surface area contributed by atoms with Crippen LogP contribution >= 0.6 is 0 Å². The number of piperazine rings is 1. The SMILES string of the molecule is CCCc1ccnc(CCCN2CCNCC2)n1. The monoisotopic (exact) mass is 248 g/mol. The molecule has 4 nitrogen and oxygen atoms in total. The second-order valence-electron chi connectivity index (χ2n) is 4.91. The van der Waals surface area contributed by atoms with Crippen molar-refractivity contribution in [3.05, 3.63) is 23.8 Å². The minimum absolute atomic E-state index is 1.00. The Morgan fingerprint density at radius 1 is 1.28 bits per heavy atom. The Balaban J connectivity index is 1.73. The highest BCUT2D eigenvalue weighted by Crippen LogP contribution is 2.03. The van der Waals surface area contributed by atoms with Crippen LogP contribution in [0.2, 0.25) is 0 Å². The second kappa shape index (κ2) is 7.44. The molecule has 18 heavy (non-hydrogen) atoms. The van der Waals surface area contributed by atoms with Crippen molar-refractivity contribution in [2.75, 3.05) is 32.7 Å². The highest BCUT2D eigenvalue weighted by Gasteiger charge is 2.09. The van der Waals surface area contributed by atoms with Crippen LogP contribution in [0.1, 0.15) is 31.3 Å². The summed E-state index contributed by atoms with van der Waals surface area (Å²) < 4.78 is 0. The van der Waals surface area contributed by atoms with Gasteiger partial charge in [0.2, 0.25) is 0 Å². The van der Waals surface area contributed by atoms with Gasteiger partial charge >= 0.3 is 0 Å². The van der Waals surface area contributed by atoms with Gasteiger partial charge in [-0.05, 0) is 25.5 Å².